The second-order valence-corrected chi connectivity index (χ2v) is 8.32. The lowest BCUT2D eigenvalue weighted by atomic mass is 10.1. The van der Waals surface area contributed by atoms with Crippen LogP contribution < -0.4 is 5.32 Å². The molecule has 0 atom stereocenters. The van der Waals surface area contributed by atoms with Crippen LogP contribution in [-0.4, -0.2) is 20.7 Å². The van der Waals surface area contributed by atoms with Crippen LogP contribution in [0.2, 0.25) is 0 Å². The molecule has 4 rings (SSSR count). The minimum atomic E-state index is -0.0467. The summed E-state index contributed by atoms with van der Waals surface area (Å²) < 4.78 is 1.84. The third kappa shape index (κ3) is 4.04. The number of aryl methyl sites for hydroxylation is 3. The molecule has 2 aromatic carbocycles. The molecule has 5 nitrogen and oxygen atoms in total. The summed E-state index contributed by atoms with van der Waals surface area (Å²) in [5.74, 6) is -0.0467. The van der Waals surface area contributed by atoms with E-state index in [4.69, 9.17) is 4.98 Å². The van der Waals surface area contributed by atoms with Crippen LogP contribution in [0.5, 0.6) is 0 Å². The molecule has 2 heterocycles. The first-order valence-corrected chi connectivity index (χ1v) is 10.7. The van der Waals surface area contributed by atoms with Gasteiger partial charge in [-0.1, -0.05) is 48.0 Å². The maximum atomic E-state index is 12.6. The van der Waals surface area contributed by atoms with Crippen LogP contribution in [0.4, 0.5) is 5.69 Å². The van der Waals surface area contributed by atoms with Crippen LogP contribution in [0, 0.1) is 27.7 Å². The van der Waals surface area contributed by atoms with Crippen LogP contribution >= 0.6 is 11.3 Å². The number of carbonyl (C=O) groups excluding carboxylic acids is 1. The van der Waals surface area contributed by atoms with Crippen molar-refractivity contribution in [2.75, 3.05) is 5.32 Å². The van der Waals surface area contributed by atoms with Crippen LogP contribution in [0.15, 0.2) is 53.9 Å². The number of carbonyl (C=O) groups is 1. The molecule has 0 aliphatic heterocycles. The Morgan fingerprint density at radius 2 is 1.77 bits per heavy atom. The summed E-state index contributed by atoms with van der Waals surface area (Å²) in [6.45, 7) is 7.98. The fourth-order valence-electron chi connectivity index (χ4n) is 3.40. The summed E-state index contributed by atoms with van der Waals surface area (Å²) in [6.07, 6.45) is 0.280. The average molecular weight is 417 g/mol. The number of rotatable bonds is 5. The predicted molar refractivity (Wildman–Crippen MR) is 122 cm³/mol. The zero-order valence-corrected chi connectivity index (χ0v) is 18.4. The van der Waals surface area contributed by atoms with Crippen molar-refractivity contribution in [3.8, 4) is 16.4 Å². The van der Waals surface area contributed by atoms with Crippen molar-refractivity contribution >= 4 is 22.9 Å². The van der Waals surface area contributed by atoms with E-state index in [1.165, 1.54) is 5.56 Å². The van der Waals surface area contributed by atoms with Crippen molar-refractivity contribution in [2.45, 2.75) is 34.1 Å². The van der Waals surface area contributed by atoms with Crippen molar-refractivity contribution in [1.82, 2.24) is 14.8 Å². The van der Waals surface area contributed by atoms with Gasteiger partial charge in [-0.25, -0.2) is 9.67 Å². The van der Waals surface area contributed by atoms with E-state index in [2.05, 4.69) is 41.6 Å². The number of para-hydroxylation sites is 1. The Bertz CT molecular complexity index is 1200. The van der Waals surface area contributed by atoms with Gasteiger partial charge in [0.2, 0.25) is 11.0 Å². The quantitative estimate of drug-likeness (QED) is 0.473. The lowest BCUT2D eigenvalue weighted by Crippen LogP contribution is -2.16. The Kier molecular flexibility index (Phi) is 5.50. The molecule has 0 saturated carbocycles. The van der Waals surface area contributed by atoms with Gasteiger partial charge in [-0.2, -0.15) is 5.10 Å². The van der Waals surface area contributed by atoms with E-state index in [0.29, 0.717) is 0 Å². The van der Waals surface area contributed by atoms with E-state index < -0.39 is 0 Å². The molecule has 0 aliphatic carbocycles. The van der Waals surface area contributed by atoms with E-state index in [0.717, 1.165) is 44.6 Å². The zero-order chi connectivity index (χ0) is 21.3. The van der Waals surface area contributed by atoms with Gasteiger partial charge in [0, 0.05) is 27.9 Å². The maximum Gasteiger partial charge on any atom is 0.228 e. The summed E-state index contributed by atoms with van der Waals surface area (Å²) in [5.41, 5.74) is 7.85. The number of nitrogens with one attached hydrogen (secondary N) is 1. The summed E-state index contributed by atoms with van der Waals surface area (Å²) in [6, 6.07) is 16.1. The van der Waals surface area contributed by atoms with Crippen LogP contribution in [0.25, 0.3) is 16.4 Å². The Balaban J connectivity index is 1.56. The summed E-state index contributed by atoms with van der Waals surface area (Å²) >= 11 is 1.55. The number of hydrogen-bond donors (Lipinski definition) is 1. The molecule has 0 saturated heterocycles. The second kappa shape index (κ2) is 8.24. The fourth-order valence-corrected chi connectivity index (χ4v) is 4.24. The summed E-state index contributed by atoms with van der Waals surface area (Å²) in [7, 11) is 0. The summed E-state index contributed by atoms with van der Waals surface area (Å²) in [4.78, 5) is 17.4. The number of nitrogens with zero attached hydrogens (tertiary/aromatic N) is 3. The van der Waals surface area contributed by atoms with E-state index in [-0.39, 0.29) is 12.3 Å². The minimum absolute atomic E-state index is 0.0467. The van der Waals surface area contributed by atoms with Crippen molar-refractivity contribution in [2.24, 2.45) is 0 Å². The standard InChI is InChI=1S/C24H24N4OS/c1-15-9-11-19(12-10-15)22-14-30-24(26-22)28-18(4)20(17(3)27-28)13-23(29)25-21-8-6-5-7-16(21)2/h5-12,14H,13H2,1-4H3,(H,25,29). The van der Waals surface area contributed by atoms with Gasteiger partial charge in [0.1, 0.15) is 0 Å². The highest BCUT2D eigenvalue weighted by Crippen LogP contribution is 2.27. The fraction of sp³-hybridized carbons (Fsp3) is 0.208. The number of hydrogen-bond acceptors (Lipinski definition) is 4. The first kappa shape index (κ1) is 20.0. The molecule has 0 bridgehead atoms. The maximum absolute atomic E-state index is 12.6. The molecule has 0 spiro atoms. The van der Waals surface area contributed by atoms with E-state index in [1.807, 2.05) is 55.1 Å². The minimum Gasteiger partial charge on any atom is -0.326 e. The molecule has 152 valence electrons. The average Bonchev–Trinajstić information content (AvgIpc) is 3.31. The highest BCUT2D eigenvalue weighted by molar-refractivity contribution is 7.12. The van der Waals surface area contributed by atoms with E-state index in [9.17, 15) is 4.79 Å². The highest BCUT2D eigenvalue weighted by Gasteiger charge is 2.18. The van der Waals surface area contributed by atoms with Gasteiger partial charge in [0.15, 0.2) is 0 Å². The first-order chi connectivity index (χ1) is 14.4. The van der Waals surface area contributed by atoms with Gasteiger partial charge >= 0.3 is 0 Å². The summed E-state index contributed by atoms with van der Waals surface area (Å²) in [5, 5.41) is 10.5. The molecule has 0 radical (unpaired) electrons. The molecular formula is C24H24N4OS. The van der Waals surface area contributed by atoms with Crippen molar-refractivity contribution in [1.29, 1.82) is 0 Å². The molecule has 4 aromatic rings. The molecule has 6 heteroatoms. The molecule has 0 fully saturated rings. The zero-order valence-electron chi connectivity index (χ0n) is 17.6. The Labute approximate surface area is 180 Å². The molecule has 2 aromatic heterocycles. The Hall–Kier alpha value is -3.25. The largest absolute Gasteiger partial charge is 0.326 e. The predicted octanol–water partition coefficient (Wildman–Crippen LogP) is 5.41. The molecule has 0 unspecified atom stereocenters. The number of thiazole rings is 1. The molecular weight excluding hydrogens is 392 g/mol. The first-order valence-electron chi connectivity index (χ1n) is 9.86. The van der Waals surface area contributed by atoms with Crippen molar-refractivity contribution < 1.29 is 4.79 Å². The molecule has 0 aliphatic rings. The molecule has 1 N–H and O–H groups in total. The highest BCUT2D eigenvalue weighted by atomic mass is 32.1. The van der Waals surface area contributed by atoms with Gasteiger partial charge in [0.05, 0.1) is 17.8 Å². The second-order valence-electron chi connectivity index (χ2n) is 7.48. The van der Waals surface area contributed by atoms with Gasteiger partial charge in [-0.15, -0.1) is 11.3 Å². The number of anilines is 1. The molecule has 1 amide bonds. The topological polar surface area (TPSA) is 59.8 Å². The number of benzene rings is 2. The van der Waals surface area contributed by atoms with Crippen LogP contribution in [-0.2, 0) is 11.2 Å². The molecule has 30 heavy (non-hydrogen) atoms. The SMILES string of the molecule is Cc1ccc(-c2csc(-n3nc(C)c(CC(=O)Nc4ccccc4C)c3C)n2)cc1. The normalized spacial score (nSPS) is 10.9. The van der Waals surface area contributed by atoms with E-state index >= 15 is 0 Å². The van der Waals surface area contributed by atoms with Gasteiger partial charge in [-0.05, 0) is 39.3 Å². The third-order valence-electron chi connectivity index (χ3n) is 5.22. The van der Waals surface area contributed by atoms with Gasteiger partial charge in [-0.3, -0.25) is 4.79 Å². The van der Waals surface area contributed by atoms with Crippen molar-refractivity contribution in [3.05, 3.63) is 82.0 Å². The number of aromatic nitrogens is 3. The Morgan fingerprint density at radius 1 is 1.03 bits per heavy atom. The lowest BCUT2D eigenvalue weighted by Gasteiger charge is -2.08. The van der Waals surface area contributed by atoms with Crippen LogP contribution in [0.1, 0.15) is 28.1 Å². The van der Waals surface area contributed by atoms with Gasteiger partial charge in [0.25, 0.3) is 0 Å². The van der Waals surface area contributed by atoms with Crippen molar-refractivity contribution in [3.63, 3.8) is 0 Å². The third-order valence-corrected chi connectivity index (χ3v) is 6.03. The Morgan fingerprint density at radius 3 is 2.50 bits per heavy atom. The van der Waals surface area contributed by atoms with Crippen LogP contribution in [0.3, 0.4) is 0 Å². The monoisotopic (exact) mass is 416 g/mol. The van der Waals surface area contributed by atoms with E-state index in [1.54, 1.807) is 11.3 Å². The lowest BCUT2D eigenvalue weighted by molar-refractivity contribution is -0.115. The van der Waals surface area contributed by atoms with Gasteiger partial charge < -0.3 is 5.32 Å². The number of amides is 1. The smallest absolute Gasteiger partial charge is 0.228 e.